The predicted octanol–water partition coefficient (Wildman–Crippen LogP) is 5.76. The second-order valence-electron chi connectivity index (χ2n) is 11.0. The molecule has 1 N–H and O–H groups in total. The summed E-state index contributed by atoms with van der Waals surface area (Å²) in [5.41, 5.74) is 6.32. The average molecular weight is 482 g/mol. The molecule has 186 valence electrons. The fourth-order valence-corrected chi connectivity index (χ4v) is 5.25. The molecule has 0 amide bonds. The van der Waals surface area contributed by atoms with Crippen LogP contribution in [0.25, 0.3) is 11.1 Å². The topological polar surface area (TPSA) is 107 Å². The summed E-state index contributed by atoms with van der Waals surface area (Å²) in [5.74, 6) is 0. The zero-order valence-corrected chi connectivity index (χ0v) is 21.9. The van der Waals surface area contributed by atoms with Gasteiger partial charge in [0.25, 0.3) is 0 Å². The number of nitrogens with one attached hydrogen (secondary N) is 1. The molecule has 0 radical (unpaired) electrons. The molecule has 2 aliphatic rings. The van der Waals surface area contributed by atoms with E-state index in [1.54, 1.807) is 22.5 Å². The van der Waals surface area contributed by atoms with E-state index in [9.17, 15) is 10.5 Å². The summed E-state index contributed by atoms with van der Waals surface area (Å²) in [5, 5.41) is 37.5. The standard InChI is InChI=1S/C29H35N7/c1-6-20(26-22(15-29(4)12-13-29)33-35(5)24(26)18-31)9-14-36-25(19-32)27(21(7-2)17-30)23(34-36)16-28(3)10-8-11-28/h6-7,9,17,30H,1,8,10-16H2,2-5H3. The van der Waals surface area contributed by atoms with Crippen LogP contribution in [-0.2, 0) is 26.4 Å². The van der Waals surface area contributed by atoms with E-state index in [-0.39, 0.29) is 10.8 Å². The van der Waals surface area contributed by atoms with Crippen molar-refractivity contribution in [2.45, 2.75) is 72.3 Å². The molecular formula is C29H35N7. The number of aromatic nitrogens is 4. The van der Waals surface area contributed by atoms with Crippen molar-refractivity contribution in [3.05, 3.63) is 58.7 Å². The molecule has 0 saturated heterocycles. The molecule has 0 aliphatic heterocycles. The van der Waals surface area contributed by atoms with E-state index in [0.717, 1.165) is 53.8 Å². The van der Waals surface area contributed by atoms with E-state index in [2.05, 4.69) is 37.7 Å². The normalized spacial score (nSPS) is 18.2. The molecule has 2 heterocycles. The van der Waals surface area contributed by atoms with E-state index in [4.69, 9.17) is 10.5 Å². The molecule has 7 nitrogen and oxygen atoms in total. The number of hydrogen-bond acceptors (Lipinski definition) is 5. The number of nitrogens with zero attached hydrogens (tertiary/aromatic N) is 6. The third kappa shape index (κ3) is 4.71. The molecule has 2 aliphatic carbocycles. The summed E-state index contributed by atoms with van der Waals surface area (Å²) in [6.45, 7) is 10.8. The van der Waals surface area contributed by atoms with Gasteiger partial charge in [0.1, 0.15) is 23.5 Å². The van der Waals surface area contributed by atoms with E-state index in [1.807, 2.05) is 19.1 Å². The van der Waals surface area contributed by atoms with Gasteiger partial charge in [-0.3, -0.25) is 9.36 Å². The maximum Gasteiger partial charge on any atom is 0.147 e. The fourth-order valence-electron chi connectivity index (χ4n) is 5.25. The van der Waals surface area contributed by atoms with Crippen molar-refractivity contribution in [2.75, 3.05) is 0 Å². The van der Waals surface area contributed by atoms with Crippen LogP contribution in [0.15, 0.2) is 24.8 Å². The van der Waals surface area contributed by atoms with Crippen molar-refractivity contribution in [2.24, 2.45) is 17.9 Å². The van der Waals surface area contributed by atoms with Crippen LogP contribution in [0.1, 0.15) is 86.8 Å². The number of hydrogen-bond donors (Lipinski definition) is 1. The largest absolute Gasteiger partial charge is 0.308 e. The third-order valence-electron chi connectivity index (χ3n) is 7.96. The molecule has 2 aromatic heterocycles. The van der Waals surface area contributed by atoms with Crippen molar-refractivity contribution in [3.63, 3.8) is 0 Å². The Hall–Kier alpha value is -3.71. The van der Waals surface area contributed by atoms with Gasteiger partial charge in [-0.05, 0) is 67.4 Å². The van der Waals surface area contributed by atoms with Crippen molar-refractivity contribution < 1.29 is 0 Å². The van der Waals surface area contributed by atoms with Crippen molar-refractivity contribution in [1.82, 2.24) is 19.6 Å². The molecule has 2 aromatic rings. The Morgan fingerprint density at radius 1 is 1.00 bits per heavy atom. The molecule has 4 rings (SSSR count). The highest BCUT2D eigenvalue weighted by Crippen LogP contribution is 2.48. The van der Waals surface area contributed by atoms with Crippen LogP contribution >= 0.6 is 0 Å². The first-order valence-electron chi connectivity index (χ1n) is 12.7. The zero-order valence-electron chi connectivity index (χ0n) is 21.9. The maximum atomic E-state index is 10.1. The van der Waals surface area contributed by atoms with Crippen LogP contribution in [0.4, 0.5) is 0 Å². The first-order chi connectivity index (χ1) is 17.2. The number of aryl methyl sites for hydroxylation is 1. The molecule has 0 aromatic carbocycles. The Balaban J connectivity index is 1.76. The van der Waals surface area contributed by atoms with Crippen molar-refractivity contribution >= 4 is 17.4 Å². The second-order valence-corrected chi connectivity index (χ2v) is 11.0. The Bertz CT molecular complexity index is 1340. The van der Waals surface area contributed by atoms with Crippen molar-refractivity contribution in [1.29, 1.82) is 15.9 Å². The number of rotatable bonds is 10. The quantitative estimate of drug-likeness (QED) is 0.344. The van der Waals surface area contributed by atoms with Gasteiger partial charge in [0.2, 0.25) is 0 Å². The summed E-state index contributed by atoms with van der Waals surface area (Å²) in [4.78, 5) is 0. The van der Waals surface area contributed by atoms with Gasteiger partial charge in [-0.15, -0.1) is 0 Å². The van der Waals surface area contributed by atoms with E-state index >= 15 is 0 Å². The van der Waals surface area contributed by atoms with Gasteiger partial charge in [-0.1, -0.05) is 45.1 Å². The lowest BCUT2D eigenvalue weighted by molar-refractivity contribution is 0.159. The lowest BCUT2D eigenvalue weighted by atomic mass is 9.67. The van der Waals surface area contributed by atoms with E-state index in [0.29, 0.717) is 23.5 Å². The molecular weight excluding hydrogens is 446 g/mol. The smallest absolute Gasteiger partial charge is 0.147 e. The van der Waals surface area contributed by atoms with Crippen LogP contribution in [0.5, 0.6) is 0 Å². The van der Waals surface area contributed by atoms with Crippen molar-refractivity contribution in [3.8, 4) is 12.1 Å². The van der Waals surface area contributed by atoms with Gasteiger partial charge in [0.15, 0.2) is 0 Å². The number of allylic oxidation sites excluding steroid dienone is 5. The number of nitriles is 2. The molecule has 0 unspecified atom stereocenters. The Labute approximate surface area is 213 Å². The minimum atomic E-state index is 0.189. The minimum absolute atomic E-state index is 0.189. The third-order valence-corrected chi connectivity index (χ3v) is 7.96. The summed E-state index contributed by atoms with van der Waals surface area (Å²) < 4.78 is 3.38. The minimum Gasteiger partial charge on any atom is -0.308 e. The molecule has 0 bridgehead atoms. The Morgan fingerprint density at radius 2 is 1.58 bits per heavy atom. The van der Waals surface area contributed by atoms with E-state index < -0.39 is 0 Å². The molecule has 0 atom stereocenters. The summed E-state index contributed by atoms with van der Waals surface area (Å²) in [6.07, 6.45) is 14.4. The first-order valence-corrected chi connectivity index (χ1v) is 12.7. The summed E-state index contributed by atoms with van der Waals surface area (Å²) in [7, 11) is 1.80. The van der Waals surface area contributed by atoms with Crippen LogP contribution in [-0.4, -0.2) is 25.8 Å². The van der Waals surface area contributed by atoms with Gasteiger partial charge < -0.3 is 5.41 Å². The molecule has 2 fully saturated rings. The SMILES string of the molecule is C=CC(=CCn1nc(CC2(C)CCC2)c(C(C=N)=CC)c1C#N)c1c(CC2(C)CC2)nn(C)c1C#N. The molecule has 7 heteroatoms. The second kappa shape index (κ2) is 9.74. The highest BCUT2D eigenvalue weighted by Gasteiger charge is 2.39. The monoisotopic (exact) mass is 481 g/mol. The summed E-state index contributed by atoms with van der Waals surface area (Å²) in [6, 6.07) is 4.66. The van der Waals surface area contributed by atoms with E-state index in [1.165, 1.54) is 25.5 Å². The molecule has 36 heavy (non-hydrogen) atoms. The van der Waals surface area contributed by atoms with Gasteiger partial charge in [-0.2, -0.15) is 20.7 Å². The van der Waals surface area contributed by atoms with Gasteiger partial charge in [-0.25, -0.2) is 0 Å². The zero-order chi connectivity index (χ0) is 26.1. The highest BCUT2D eigenvalue weighted by atomic mass is 15.3. The predicted molar refractivity (Wildman–Crippen MR) is 142 cm³/mol. The fraction of sp³-hybridized carbons (Fsp3) is 0.483. The van der Waals surface area contributed by atoms with Gasteiger partial charge in [0, 0.05) is 24.4 Å². The first kappa shape index (κ1) is 25.4. The lowest BCUT2D eigenvalue weighted by Gasteiger charge is -2.38. The Morgan fingerprint density at radius 3 is 2.06 bits per heavy atom. The molecule has 2 saturated carbocycles. The van der Waals surface area contributed by atoms with Crippen LogP contribution < -0.4 is 0 Å². The highest BCUT2D eigenvalue weighted by molar-refractivity contribution is 6.09. The van der Waals surface area contributed by atoms with Crippen LogP contribution in [0, 0.1) is 38.9 Å². The molecule has 0 spiro atoms. The average Bonchev–Trinajstić information content (AvgIpc) is 3.35. The summed E-state index contributed by atoms with van der Waals surface area (Å²) >= 11 is 0. The maximum absolute atomic E-state index is 10.1. The lowest BCUT2D eigenvalue weighted by Crippen LogP contribution is -2.28. The Kier molecular flexibility index (Phi) is 6.87. The van der Waals surface area contributed by atoms with Crippen LogP contribution in [0.2, 0.25) is 0 Å². The van der Waals surface area contributed by atoms with Gasteiger partial charge >= 0.3 is 0 Å². The van der Waals surface area contributed by atoms with Crippen LogP contribution in [0.3, 0.4) is 0 Å². The van der Waals surface area contributed by atoms with Gasteiger partial charge in [0.05, 0.1) is 17.9 Å².